The third-order valence-corrected chi connectivity index (χ3v) is 3.37. The summed E-state index contributed by atoms with van der Waals surface area (Å²) in [6, 6.07) is -0.0319. The topological polar surface area (TPSA) is 71.5 Å². The average Bonchev–Trinajstić information content (AvgIpc) is 2.67. The van der Waals surface area contributed by atoms with Gasteiger partial charge in [-0.15, -0.1) is 0 Å². The number of aryl methyl sites for hydroxylation is 1. The number of hydrogen-bond acceptors (Lipinski definition) is 6. The lowest BCUT2D eigenvalue weighted by molar-refractivity contribution is 0.0531. The summed E-state index contributed by atoms with van der Waals surface area (Å²) in [5.74, 6) is -0.340. The Morgan fingerprint density at radius 1 is 1.59 bits per heavy atom. The highest BCUT2D eigenvalue weighted by atomic mass is 32.1. The maximum absolute atomic E-state index is 11.6. The first-order valence-electron chi connectivity index (χ1n) is 5.64. The van der Waals surface area contributed by atoms with Gasteiger partial charge in [-0.25, -0.2) is 9.78 Å². The Balaban J connectivity index is 2.77. The SMILES string of the molecule is CCOC(=O)c1sc(N[C@H](CC)CO)nc1C. The number of carbonyl (C=O) groups is 1. The molecule has 1 aromatic rings. The van der Waals surface area contributed by atoms with Gasteiger partial charge in [-0.05, 0) is 20.3 Å². The molecular formula is C11H18N2O3S. The molecule has 0 spiro atoms. The van der Waals surface area contributed by atoms with Gasteiger partial charge in [-0.2, -0.15) is 0 Å². The zero-order valence-corrected chi connectivity index (χ0v) is 11.1. The predicted molar refractivity (Wildman–Crippen MR) is 67.6 cm³/mol. The van der Waals surface area contributed by atoms with Crippen LogP contribution in [0.3, 0.4) is 0 Å². The summed E-state index contributed by atoms with van der Waals surface area (Å²) >= 11 is 1.26. The zero-order valence-electron chi connectivity index (χ0n) is 10.3. The van der Waals surface area contributed by atoms with Gasteiger partial charge in [0.1, 0.15) is 4.88 Å². The van der Waals surface area contributed by atoms with Crippen molar-refractivity contribution in [2.24, 2.45) is 0 Å². The number of rotatable bonds is 6. The predicted octanol–water partition coefficient (Wildman–Crippen LogP) is 1.81. The smallest absolute Gasteiger partial charge is 0.350 e. The van der Waals surface area contributed by atoms with Crippen LogP contribution in [0.15, 0.2) is 0 Å². The number of nitrogens with one attached hydrogen (secondary N) is 1. The second kappa shape index (κ2) is 6.56. The maximum atomic E-state index is 11.6. The fourth-order valence-electron chi connectivity index (χ4n) is 1.30. The van der Waals surface area contributed by atoms with Gasteiger partial charge in [0, 0.05) is 0 Å². The lowest BCUT2D eigenvalue weighted by Crippen LogP contribution is -2.22. The van der Waals surface area contributed by atoms with Gasteiger partial charge in [0.25, 0.3) is 0 Å². The average molecular weight is 258 g/mol. The zero-order chi connectivity index (χ0) is 12.8. The van der Waals surface area contributed by atoms with Crippen molar-refractivity contribution >= 4 is 22.4 Å². The Bertz CT molecular complexity index is 375. The lowest BCUT2D eigenvalue weighted by atomic mass is 10.2. The lowest BCUT2D eigenvalue weighted by Gasteiger charge is -2.11. The van der Waals surface area contributed by atoms with Crippen LogP contribution in [0.1, 0.15) is 35.6 Å². The van der Waals surface area contributed by atoms with Crippen LogP contribution in [0.25, 0.3) is 0 Å². The molecule has 0 aromatic carbocycles. The summed E-state index contributed by atoms with van der Waals surface area (Å²) in [6.07, 6.45) is 0.796. The van der Waals surface area contributed by atoms with E-state index in [4.69, 9.17) is 9.84 Å². The molecule has 1 heterocycles. The molecule has 17 heavy (non-hydrogen) atoms. The number of aromatic nitrogens is 1. The van der Waals surface area contributed by atoms with Crippen LogP contribution < -0.4 is 5.32 Å². The molecule has 6 heteroatoms. The summed E-state index contributed by atoms with van der Waals surface area (Å²) in [6.45, 7) is 5.91. The molecule has 2 N–H and O–H groups in total. The van der Waals surface area contributed by atoms with Crippen LogP contribution in [0.4, 0.5) is 5.13 Å². The standard InChI is InChI=1S/C11H18N2O3S/c1-4-8(6-14)13-11-12-7(3)9(17-11)10(15)16-5-2/h8,14H,4-6H2,1-3H3,(H,12,13)/t8-/m1/s1. The molecule has 0 unspecified atom stereocenters. The van der Waals surface area contributed by atoms with Crippen LogP contribution in [-0.2, 0) is 4.74 Å². The number of nitrogens with zero attached hydrogens (tertiary/aromatic N) is 1. The van der Waals surface area contributed by atoms with Crippen molar-refractivity contribution in [1.82, 2.24) is 4.98 Å². The number of thiazole rings is 1. The van der Waals surface area contributed by atoms with E-state index >= 15 is 0 Å². The van der Waals surface area contributed by atoms with Crippen molar-refractivity contribution in [3.05, 3.63) is 10.6 Å². The van der Waals surface area contributed by atoms with E-state index in [0.29, 0.717) is 22.3 Å². The number of hydrogen-bond donors (Lipinski definition) is 2. The Morgan fingerprint density at radius 3 is 2.82 bits per heavy atom. The van der Waals surface area contributed by atoms with Gasteiger partial charge in [-0.3, -0.25) is 0 Å². The third-order valence-electron chi connectivity index (χ3n) is 2.30. The van der Waals surface area contributed by atoms with E-state index in [1.54, 1.807) is 13.8 Å². The third kappa shape index (κ3) is 3.67. The number of anilines is 1. The molecule has 0 saturated carbocycles. The van der Waals surface area contributed by atoms with E-state index in [9.17, 15) is 4.79 Å². The largest absolute Gasteiger partial charge is 0.462 e. The molecule has 1 aromatic heterocycles. The van der Waals surface area contributed by atoms with Crippen molar-refractivity contribution < 1.29 is 14.6 Å². The van der Waals surface area contributed by atoms with Gasteiger partial charge >= 0.3 is 5.97 Å². The monoisotopic (exact) mass is 258 g/mol. The van der Waals surface area contributed by atoms with E-state index in [1.807, 2.05) is 6.92 Å². The fourth-order valence-corrected chi connectivity index (χ4v) is 2.23. The normalized spacial score (nSPS) is 12.2. The molecule has 0 aliphatic heterocycles. The molecule has 0 aliphatic carbocycles. The minimum Gasteiger partial charge on any atom is -0.462 e. The molecule has 0 bridgehead atoms. The highest BCUT2D eigenvalue weighted by molar-refractivity contribution is 7.17. The number of aliphatic hydroxyl groups is 1. The molecule has 96 valence electrons. The highest BCUT2D eigenvalue weighted by Crippen LogP contribution is 2.24. The van der Waals surface area contributed by atoms with Crippen LogP contribution in [0.2, 0.25) is 0 Å². The first kappa shape index (κ1) is 13.9. The van der Waals surface area contributed by atoms with Gasteiger partial charge < -0.3 is 15.2 Å². The summed E-state index contributed by atoms with van der Waals surface area (Å²) in [5.41, 5.74) is 0.656. The van der Waals surface area contributed by atoms with Crippen LogP contribution >= 0.6 is 11.3 Å². The van der Waals surface area contributed by atoms with Gasteiger partial charge in [0.2, 0.25) is 0 Å². The van der Waals surface area contributed by atoms with Gasteiger partial charge in [0.15, 0.2) is 5.13 Å². The van der Waals surface area contributed by atoms with Crippen molar-refractivity contribution in [3.8, 4) is 0 Å². The summed E-state index contributed by atoms with van der Waals surface area (Å²) < 4.78 is 4.93. The molecule has 0 fully saturated rings. The van der Waals surface area contributed by atoms with Gasteiger partial charge in [0.05, 0.1) is 24.9 Å². The molecular weight excluding hydrogens is 240 g/mol. The molecule has 1 atom stereocenters. The molecule has 5 nitrogen and oxygen atoms in total. The fraction of sp³-hybridized carbons (Fsp3) is 0.636. The van der Waals surface area contributed by atoms with Crippen LogP contribution in [0.5, 0.6) is 0 Å². The quantitative estimate of drug-likeness (QED) is 0.761. The number of esters is 1. The maximum Gasteiger partial charge on any atom is 0.350 e. The number of ether oxygens (including phenoxy) is 1. The van der Waals surface area contributed by atoms with E-state index in [1.165, 1.54) is 11.3 Å². The van der Waals surface area contributed by atoms with E-state index in [-0.39, 0.29) is 18.6 Å². The number of carbonyl (C=O) groups excluding carboxylic acids is 1. The highest BCUT2D eigenvalue weighted by Gasteiger charge is 2.17. The van der Waals surface area contributed by atoms with Crippen molar-refractivity contribution in [1.29, 1.82) is 0 Å². The first-order chi connectivity index (χ1) is 8.12. The molecule has 0 amide bonds. The van der Waals surface area contributed by atoms with Crippen LogP contribution in [-0.4, -0.2) is 35.3 Å². The molecule has 0 radical (unpaired) electrons. The first-order valence-corrected chi connectivity index (χ1v) is 6.45. The van der Waals surface area contributed by atoms with E-state index in [2.05, 4.69) is 10.3 Å². The van der Waals surface area contributed by atoms with Crippen molar-refractivity contribution in [3.63, 3.8) is 0 Å². The summed E-state index contributed by atoms with van der Waals surface area (Å²) in [7, 11) is 0. The minimum absolute atomic E-state index is 0.0319. The molecule has 1 rings (SSSR count). The summed E-state index contributed by atoms with van der Waals surface area (Å²) in [4.78, 5) is 16.3. The van der Waals surface area contributed by atoms with E-state index in [0.717, 1.165) is 6.42 Å². The van der Waals surface area contributed by atoms with Gasteiger partial charge in [-0.1, -0.05) is 18.3 Å². The Labute approximate surface area is 105 Å². The molecule has 0 aliphatic rings. The molecule has 0 saturated heterocycles. The van der Waals surface area contributed by atoms with E-state index < -0.39 is 0 Å². The Morgan fingerprint density at radius 2 is 2.29 bits per heavy atom. The minimum atomic E-state index is -0.340. The second-order valence-corrected chi connectivity index (χ2v) is 4.59. The summed E-state index contributed by atoms with van der Waals surface area (Å²) in [5, 5.41) is 12.8. The number of aliphatic hydroxyl groups excluding tert-OH is 1. The second-order valence-electron chi connectivity index (χ2n) is 3.59. The van der Waals surface area contributed by atoms with Crippen LogP contribution in [0, 0.1) is 6.92 Å². The van der Waals surface area contributed by atoms with Crippen molar-refractivity contribution in [2.75, 3.05) is 18.5 Å². The van der Waals surface area contributed by atoms with Crippen molar-refractivity contribution in [2.45, 2.75) is 33.2 Å². The Kier molecular flexibility index (Phi) is 5.37. The Hall–Kier alpha value is -1.14.